The summed E-state index contributed by atoms with van der Waals surface area (Å²) in [6.45, 7) is 2.36. The second-order valence-electron chi connectivity index (χ2n) is 7.39. The average molecular weight is 447 g/mol. The average Bonchev–Trinajstić information content (AvgIpc) is 3.57. The van der Waals surface area contributed by atoms with E-state index in [9.17, 15) is 4.79 Å². The predicted molar refractivity (Wildman–Crippen MR) is 121 cm³/mol. The third kappa shape index (κ3) is 4.90. The van der Waals surface area contributed by atoms with Crippen molar-refractivity contribution >= 4 is 5.91 Å². The molecule has 1 amide bonds. The minimum absolute atomic E-state index is 0.169. The minimum Gasteiger partial charge on any atom is -0.493 e. The lowest BCUT2D eigenvalue weighted by Crippen LogP contribution is -2.35. The molecule has 4 rings (SSSR count). The molecule has 0 aliphatic rings. The fourth-order valence-electron chi connectivity index (χ4n) is 3.59. The molecule has 8 nitrogen and oxygen atoms in total. The zero-order valence-electron chi connectivity index (χ0n) is 18.7. The number of carbonyl (C=O) groups is 1. The third-order valence-corrected chi connectivity index (χ3v) is 5.42. The molecule has 0 bridgehead atoms. The number of methoxy groups -OCH3 is 2. The largest absolute Gasteiger partial charge is 0.493 e. The molecule has 0 spiro atoms. The monoisotopic (exact) mass is 447 g/mol. The Hall–Kier alpha value is -4.07. The Morgan fingerprint density at radius 2 is 1.82 bits per heavy atom. The quantitative estimate of drug-likeness (QED) is 0.364. The predicted octanol–water partition coefficient (Wildman–Crippen LogP) is 4.79. The standard InChI is InChI=1S/C25H25N3O5/c1-17(18-8-5-4-6-9-18)28(25(29)21-10-7-15-32-21)14-13-23-26-24(27-33-23)19-11-12-20(30-2)22(16-19)31-3/h4-12,15-17H,13-14H2,1-3H3. The summed E-state index contributed by atoms with van der Waals surface area (Å²) in [6.07, 6.45) is 1.88. The van der Waals surface area contributed by atoms with Crippen molar-refractivity contribution in [1.82, 2.24) is 15.0 Å². The summed E-state index contributed by atoms with van der Waals surface area (Å²) in [5, 5.41) is 4.09. The lowest BCUT2D eigenvalue weighted by Gasteiger charge is -2.28. The van der Waals surface area contributed by atoms with E-state index in [1.165, 1.54) is 6.26 Å². The molecule has 0 aliphatic heterocycles. The number of rotatable bonds is 9. The smallest absolute Gasteiger partial charge is 0.290 e. The zero-order valence-corrected chi connectivity index (χ0v) is 18.7. The fourth-order valence-corrected chi connectivity index (χ4v) is 3.59. The van der Waals surface area contributed by atoms with Crippen molar-refractivity contribution in [1.29, 1.82) is 0 Å². The number of carbonyl (C=O) groups excluding carboxylic acids is 1. The Kier molecular flexibility index (Phi) is 6.73. The molecule has 0 N–H and O–H groups in total. The van der Waals surface area contributed by atoms with Crippen LogP contribution in [0.25, 0.3) is 11.4 Å². The highest BCUT2D eigenvalue weighted by molar-refractivity contribution is 5.91. The van der Waals surface area contributed by atoms with E-state index in [4.69, 9.17) is 18.4 Å². The first-order valence-electron chi connectivity index (χ1n) is 10.5. The van der Waals surface area contributed by atoms with Gasteiger partial charge in [0.15, 0.2) is 17.3 Å². The van der Waals surface area contributed by atoms with Gasteiger partial charge in [-0.2, -0.15) is 4.98 Å². The van der Waals surface area contributed by atoms with Crippen molar-refractivity contribution in [2.75, 3.05) is 20.8 Å². The first-order chi connectivity index (χ1) is 16.1. The molecule has 0 saturated heterocycles. The Labute approximate surface area is 191 Å². The van der Waals surface area contributed by atoms with Gasteiger partial charge in [0.2, 0.25) is 11.7 Å². The maximum absolute atomic E-state index is 13.1. The van der Waals surface area contributed by atoms with E-state index in [1.54, 1.807) is 43.4 Å². The van der Waals surface area contributed by atoms with Gasteiger partial charge in [0, 0.05) is 18.5 Å². The molecule has 8 heteroatoms. The Balaban J connectivity index is 1.53. The molecule has 170 valence electrons. The van der Waals surface area contributed by atoms with E-state index in [1.807, 2.05) is 43.3 Å². The van der Waals surface area contributed by atoms with Gasteiger partial charge in [-0.3, -0.25) is 4.79 Å². The molecular formula is C25H25N3O5. The van der Waals surface area contributed by atoms with E-state index in [2.05, 4.69) is 10.1 Å². The van der Waals surface area contributed by atoms with Gasteiger partial charge in [0.1, 0.15) is 0 Å². The van der Waals surface area contributed by atoms with E-state index in [-0.39, 0.29) is 17.7 Å². The molecule has 1 atom stereocenters. The number of nitrogens with zero attached hydrogens (tertiary/aromatic N) is 3. The number of hydrogen-bond acceptors (Lipinski definition) is 7. The Bertz CT molecular complexity index is 1190. The summed E-state index contributed by atoms with van der Waals surface area (Å²) in [7, 11) is 3.15. The number of amides is 1. The van der Waals surface area contributed by atoms with Crippen molar-refractivity contribution < 1.29 is 23.2 Å². The van der Waals surface area contributed by atoms with Gasteiger partial charge in [-0.15, -0.1) is 0 Å². The Morgan fingerprint density at radius 1 is 1.03 bits per heavy atom. The van der Waals surface area contributed by atoms with E-state index >= 15 is 0 Å². The molecule has 4 aromatic rings. The molecule has 0 saturated carbocycles. The summed E-state index contributed by atoms with van der Waals surface area (Å²) in [5.74, 6) is 2.15. The second kappa shape index (κ2) is 10.0. The van der Waals surface area contributed by atoms with Gasteiger partial charge in [-0.25, -0.2) is 0 Å². The lowest BCUT2D eigenvalue weighted by molar-refractivity contribution is 0.0656. The summed E-state index contributed by atoms with van der Waals surface area (Å²) in [5.41, 5.74) is 1.76. The number of hydrogen-bond donors (Lipinski definition) is 0. The van der Waals surface area contributed by atoms with Crippen LogP contribution in [0.2, 0.25) is 0 Å². The third-order valence-electron chi connectivity index (χ3n) is 5.42. The molecule has 0 aliphatic carbocycles. The number of ether oxygens (including phenoxy) is 2. The van der Waals surface area contributed by atoms with Crippen LogP contribution in [-0.2, 0) is 6.42 Å². The topological polar surface area (TPSA) is 90.8 Å². The highest BCUT2D eigenvalue weighted by atomic mass is 16.5. The summed E-state index contributed by atoms with van der Waals surface area (Å²) in [4.78, 5) is 19.4. The van der Waals surface area contributed by atoms with Crippen molar-refractivity contribution in [2.24, 2.45) is 0 Å². The van der Waals surface area contributed by atoms with Crippen LogP contribution >= 0.6 is 0 Å². The van der Waals surface area contributed by atoms with Crippen LogP contribution in [0, 0.1) is 0 Å². The number of furan rings is 1. The molecule has 2 aromatic heterocycles. The van der Waals surface area contributed by atoms with Crippen molar-refractivity contribution in [2.45, 2.75) is 19.4 Å². The van der Waals surface area contributed by atoms with Crippen molar-refractivity contribution in [3.63, 3.8) is 0 Å². The normalized spacial score (nSPS) is 11.7. The highest BCUT2D eigenvalue weighted by Crippen LogP contribution is 2.31. The molecular weight excluding hydrogens is 422 g/mol. The fraction of sp³-hybridized carbons (Fsp3) is 0.240. The molecule has 33 heavy (non-hydrogen) atoms. The van der Waals surface area contributed by atoms with Crippen LogP contribution in [0.3, 0.4) is 0 Å². The first-order valence-corrected chi connectivity index (χ1v) is 10.5. The molecule has 0 fully saturated rings. The van der Waals surface area contributed by atoms with Crippen LogP contribution in [0.15, 0.2) is 75.9 Å². The maximum atomic E-state index is 13.1. The first kappa shape index (κ1) is 22.1. The molecule has 2 heterocycles. The van der Waals surface area contributed by atoms with E-state index in [0.717, 1.165) is 11.1 Å². The zero-order chi connectivity index (χ0) is 23.2. The van der Waals surface area contributed by atoms with E-state index < -0.39 is 0 Å². The van der Waals surface area contributed by atoms with Crippen LogP contribution < -0.4 is 9.47 Å². The van der Waals surface area contributed by atoms with Crippen LogP contribution in [0.1, 0.15) is 35.0 Å². The van der Waals surface area contributed by atoms with Gasteiger partial charge in [-0.1, -0.05) is 35.5 Å². The molecule has 1 unspecified atom stereocenters. The van der Waals surface area contributed by atoms with Gasteiger partial charge < -0.3 is 23.3 Å². The SMILES string of the molecule is COc1ccc(-c2noc(CCN(C(=O)c3ccco3)C(C)c3ccccc3)n2)cc1OC. The highest BCUT2D eigenvalue weighted by Gasteiger charge is 2.25. The second-order valence-corrected chi connectivity index (χ2v) is 7.39. The van der Waals surface area contributed by atoms with Crippen LogP contribution in [-0.4, -0.2) is 41.7 Å². The van der Waals surface area contributed by atoms with Crippen molar-refractivity contribution in [3.05, 3.63) is 84.1 Å². The number of benzene rings is 2. The maximum Gasteiger partial charge on any atom is 0.290 e. The minimum atomic E-state index is -0.198. The lowest BCUT2D eigenvalue weighted by atomic mass is 10.1. The van der Waals surface area contributed by atoms with Gasteiger partial charge in [-0.05, 0) is 42.8 Å². The van der Waals surface area contributed by atoms with Gasteiger partial charge >= 0.3 is 0 Å². The summed E-state index contributed by atoms with van der Waals surface area (Å²) >= 11 is 0. The Morgan fingerprint density at radius 3 is 2.52 bits per heavy atom. The molecule has 0 radical (unpaired) electrons. The number of aromatic nitrogens is 2. The van der Waals surface area contributed by atoms with Gasteiger partial charge in [0.25, 0.3) is 5.91 Å². The van der Waals surface area contributed by atoms with Crippen molar-refractivity contribution in [3.8, 4) is 22.9 Å². The summed E-state index contributed by atoms with van der Waals surface area (Å²) < 4.78 is 21.4. The molecule has 2 aromatic carbocycles. The van der Waals surface area contributed by atoms with Crippen LogP contribution in [0.5, 0.6) is 11.5 Å². The summed E-state index contributed by atoms with van der Waals surface area (Å²) in [6, 6.07) is 18.4. The van der Waals surface area contributed by atoms with Crippen LogP contribution in [0.4, 0.5) is 0 Å². The van der Waals surface area contributed by atoms with Gasteiger partial charge in [0.05, 0.1) is 26.5 Å². The van der Waals surface area contributed by atoms with E-state index in [0.29, 0.717) is 36.2 Å².